The number of nitro benzene ring substituents is 1. The Balaban J connectivity index is 1.62. The van der Waals surface area contributed by atoms with Crippen LogP contribution in [0.3, 0.4) is 0 Å². The Bertz CT molecular complexity index is 1280. The first-order chi connectivity index (χ1) is 15.9. The average molecular weight is 444 g/mol. The van der Waals surface area contributed by atoms with Gasteiger partial charge in [0, 0.05) is 31.4 Å². The third-order valence-electron chi connectivity index (χ3n) is 5.52. The van der Waals surface area contributed by atoms with Crippen molar-refractivity contribution in [1.29, 1.82) is 0 Å². The highest BCUT2D eigenvalue weighted by Gasteiger charge is 2.21. The van der Waals surface area contributed by atoms with Crippen molar-refractivity contribution in [1.82, 2.24) is 19.7 Å². The van der Waals surface area contributed by atoms with Gasteiger partial charge < -0.3 is 9.88 Å². The van der Waals surface area contributed by atoms with Crippen LogP contribution in [-0.2, 0) is 13.5 Å². The zero-order chi connectivity index (χ0) is 23.4. The standard InChI is InChI=1S/C25H25N5O3/c1-18(13-14-19-8-4-3-5-9-19)26-25(31)24-17-22(23-12-7-15-28(23)2)27-29(24)20-10-6-11-21(16-20)30(32)33/h3-12,15-18H,13-14H2,1-2H3,(H,26,31). The third kappa shape index (κ3) is 5.01. The first-order valence-electron chi connectivity index (χ1n) is 10.7. The summed E-state index contributed by atoms with van der Waals surface area (Å²) in [5.41, 5.74) is 3.36. The first kappa shape index (κ1) is 22.0. The molecule has 4 aromatic rings. The highest BCUT2D eigenvalue weighted by molar-refractivity contribution is 5.94. The minimum atomic E-state index is -0.462. The molecule has 168 valence electrons. The molecule has 0 bridgehead atoms. The number of benzene rings is 2. The van der Waals surface area contributed by atoms with Crippen molar-refractivity contribution in [2.24, 2.45) is 7.05 Å². The van der Waals surface area contributed by atoms with E-state index in [1.165, 1.54) is 22.4 Å². The summed E-state index contributed by atoms with van der Waals surface area (Å²) < 4.78 is 3.37. The lowest BCUT2D eigenvalue weighted by Crippen LogP contribution is -2.34. The second kappa shape index (κ2) is 9.52. The number of nitrogens with one attached hydrogen (secondary N) is 1. The SMILES string of the molecule is CC(CCc1ccccc1)NC(=O)c1cc(-c2cccn2C)nn1-c1cccc([N+](=O)[O-])c1. The molecule has 8 heteroatoms. The Morgan fingerprint density at radius 2 is 1.88 bits per heavy atom. The highest BCUT2D eigenvalue weighted by atomic mass is 16.6. The third-order valence-corrected chi connectivity index (χ3v) is 5.52. The molecule has 0 fully saturated rings. The van der Waals surface area contributed by atoms with Gasteiger partial charge in [-0.2, -0.15) is 5.10 Å². The van der Waals surface area contributed by atoms with Crippen LogP contribution < -0.4 is 5.32 Å². The first-order valence-corrected chi connectivity index (χ1v) is 10.7. The van der Waals surface area contributed by atoms with Gasteiger partial charge in [-0.25, -0.2) is 4.68 Å². The molecule has 1 amide bonds. The van der Waals surface area contributed by atoms with E-state index in [2.05, 4.69) is 22.5 Å². The summed E-state index contributed by atoms with van der Waals surface area (Å²) in [6.07, 6.45) is 3.53. The summed E-state index contributed by atoms with van der Waals surface area (Å²) in [6.45, 7) is 1.97. The number of nitro groups is 1. The summed E-state index contributed by atoms with van der Waals surface area (Å²) in [5, 5.41) is 18.9. The number of hydrogen-bond donors (Lipinski definition) is 1. The number of hydrogen-bond acceptors (Lipinski definition) is 4. The van der Waals surface area contributed by atoms with Crippen LogP contribution >= 0.6 is 0 Å². The van der Waals surface area contributed by atoms with Crippen molar-refractivity contribution in [2.45, 2.75) is 25.8 Å². The Hall–Kier alpha value is -4.20. The molecular formula is C25H25N5O3. The van der Waals surface area contributed by atoms with Gasteiger partial charge in [0.1, 0.15) is 11.4 Å². The van der Waals surface area contributed by atoms with Gasteiger partial charge in [0.15, 0.2) is 0 Å². The maximum Gasteiger partial charge on any atom is 0.271 e. The molecule has 0 aliphatic rings. The van der Waals surface area contributed by atoms with Gasteiger partial charge in [0.05, 0.1) is 16.3 Å². The van der Waals surface area contributed by atoms with Crippen molar-refractivity contribution in [2.75, 3.05) is 0 Å². The average Bonchev–Trinajstić information content (AvgIpc) is 3.45. The van der Waals surface area contributed by atoms with E-state index in [0.29, 0.717) is 17.1 Å². The van der Waals surface area contributed by atoms with E-state index >= 15 is 0 Å². The largest absolute Gasteiger partial charge is 0.349 e. The molecule has 2 heterocycles. The second-order valence-corrected chi connectivity index (χ2v) is 8.01. The van der Waals surface area contributed by atoms with Gasteiger partial charge >= 0.3 is 0 Å². The zero-order valence-corrected chi connectivity index (χ0v) is 18.5. The summed E-state index contributed by atoms with van der Waals surface area (Å²) in [6, 6.07) is 21.7. The maximum absolute atomic E-state index is 13.2. The number of aryl methyl sites for hydroxylation is 2. The molecule has 4 rings (SSSR count). The van der Waals surface area contributed by atoms with Gasteiger partial charge in [0.2, 0.25) is 0 Å². The van der Waals surface area contributed by atoms with Crippen LogP contribution in [0.5, 0.6) is 0 Å². The van der Waals surface area contributed by atoms with Crippen molar-refractivity contribution in [3.05, 3.63) is 100 Å². The molecular weight excluding hydrogens is 418 g/mol. The van der Waals surface area contributed by atoms with E-state index in [1.807, 2.05) is 55.1 Å². The molecule has 2 aromatic heterocycles. The molecule has 1 atom stereocenters. The number of amides is 1. The fourth-order valence-electron chi connectivity index (χ4n) is 3.73. The monoisotopic (exact) mass is 443 g/mol. The minimum Gasteiger partial charge on any atom is -0.349 e. The Morgan fingerprint density at radius 1 is 1.09 bits per heavy atom. The fraction of sp³-hybridized carbons (Fsp3) is 0.200. The van der Waals surface area contributed by atoms with Gasteiger partial charge in [-0.05, 0) is 49.6 Å². The fourth-order valence-corrected chi connectivity index (χ4v) is 3.73. The van der Waals surface area contributed by atoms with Crippen LogP contribution in [0.15, 0.2) is 79.0 Å². The molecule has 0 saturated carbocycles. The molecule has 0 aliphatic carbocycles. The maximum atomic E-state index is 13.2. The topological polar surface area (TPSA) is 95.0 Å². The van der Waals surface area contributed by atoms with E-state index < -0.39 is 4.92 Å². The van der Waals surface area contributed by atoms with E-state index in [4.69, 9.17) is 0 Å². The smallest absolute Gasteiger partial charge is 0.271 e. The normalized spacial score (nSPS) is 11.8. The molecule has 1 N–H and O–H groups in total. The van der Waals surface area contributed by atoms with E-state index in [-0.39, 0.29) is 17.6 Å². The number of carbonyl (C=O) groups excluding carboxylic acids is 1. The molecule has 0 saturated heterocycles. The lowest BCUT2D eigenvalue weighted by Gasteiger charge is -2.14. The minimum absolute atomic E-state index is 0.0639. The number of aromatic nitrogens is 3. The lowest BCUT2D eigenvalue weighted by molar-refractivity contribution is -0.384. The molecule has 8 nitrogen and oxygen atoms in total. The molecule has 0 radical (unpaired) electrons. The summed E-state index contributed by atoms with van der Waals surface area (Å²) in [4.78, 5) is 24.0. The molecule has 33 heavy (non-hydrogen) atoms. The quantitative estimate of drug-likeness (QED) is 0.320. The van der Waals surface area contributed by atoms with Crippen molar-refractivity contribution in [3.8, 4) is 17.1 Å². The molecule has 0 spiro atoms. The van der Waals surface area contributed by atoms with Crippen molar-refractivity contribution in [3.63, 3.8) is 0 Å². The summed E-state index contributed by atoms with van der Waals surface area (Å²) in [7, 11) is 1.90. The van der Waals surface area contributed by atoms with Crippen LogP contribution in [0.2, 0.25) is 0 Å². The predicted molar refractivity (Wildman–Crippen MR) is 126 cm³/mol. The highest BCUT2D eigenvalue weighted by Crippen LogP contribution is 2.24. The van der Waals surface area contributed by atoms with Crippen LogP contribution in [0, 0.1) is 10.1 Å². The van der Waals surface area contributed by atoms with Gasteiger partial charge in [0.25, 0.3) is 11.6 Å². The van der Waals surface area contributed by atoms with Crippen LogP contribution in [0.25, 0.3) is 17.1 Å². The molecule has 0 aliphatic heterocycles. The summed E-state index contributed by atoms with van der Waals surface area (Å²) >= 11 is 0. The van der Waals surface area contributed by atoms with Gasteiger partial charge in [-0.1, -0.05) is 36.4 Å². The van der Waals surface area contributed by atoms with E-state index in [1.54, 1.807) is 18.2 Å². The number of non-ortho nitro benzene ring substituents is 1. The van der Waals surface area contributed by atoms with Crippen molar-refractivity contribution < 1.29 is 9.72 Å². The van der Waals surface area contributed by atoms with E-state index in [0.717, 1.165) is 18.5 Å². The van der Waals surface area contributed by atoms with E-state index in [9.17, 15) is 14.9 Å². The van der Waals surface area contributed by atoms with Crippen LogP contribution in [0.1, 0.15) is 29.4 Å². The zero-order valence-electron chi connectivity index (χ0n) is 18.5. The van der Waals surface area contributed by atoms with Crippen LogP contribution in [0.4, 0.5) is 5.69 Å². The lowest BCUT2D eigenvalue weighted by atomic mass is 10.1. The molecule has 2 aromatic carbocycles. The van der Waals surface area contributed by atoms with Crippen LogP contribution in [-0.4, -0.2) is 31.2 Å². The predicted octanol–water partition coefficient (Wildman–Crippen LogP) is 4.54. The Morgan fingerprint density at radius 3 is 2.58 bits per heavy atom. The van der Waals surface area contributed by atoms with Gasteiger partial charge in [-0.15, -0.1) is 0 Å². The number of nitrogens with zero attached hydrogens (tertiary/aromatic N) is 4. The van der Waals surface area contributed by atoms with Gasteiger partial charge in [-0.3, -0.25) is 14.9 Å². The number of carbonyl (C=O) groups is 1. The number of rotatable bonds is 8. The summed E-state index contributed by atoms with van der Waals surface area (Å²) in [5.74, 6) is -0.282. The Labute approximate surface area is 191 Å². The molecule has 1 unspecified atom stereocenters. The van der Waals surface area contributed by atoms with Crippen molar-refractivity contribution >= 4 is 11.6 Å². The Kier molecular flexibility index (Phi) is 6.35. The second-order valence-electron chi connectivity index (χ2n) is 8.01.